The third-order valence-electron chi connectivity index (χ3n) is 3.35. The van der Waals surface area contributed by atoms with E-state index < -0.39 is 0 Å². The van der Waals surface area contributed by atoms with E-state index in [1.807, 2.05) is 25.7 Å². The Labute approximate surface area is 130 Å². The van der Waals surface area contributed by atoms with E-state index in [1.165, 1.54) is 16.0 Å². The summed E-state index contributed by atoms with van der Waals surface area (Å²) in [6.07, 6.45) is 0. The van der Waals surface area contributed by atoms with Gasteiger partial charge in [-0.3, -0.25) is 0 Å². The number of hydrogen-bond acceptors (Lipinski definition) is 2. The van der Waals surface area contributed by atoms with Crippen molar-refractivity contribution in [2.24, 2.45) is 0 Å². The molecular formula is C17H20ClNS. The minimum atomic E-state index is 0.304. The average Bonchev–Trinajstić information content (AvgIpc) is 2.43. The number of thioether (sulfide) groups is 1. The number of halogens is 1. The summed E-state index contributed by atoms with van der Waals surface area (Å²) in [4.78, 5) is 1.31. The number of benzene rings is 2. The summed E-state index contributed by atoms with van der Waals surface area (Å²) in [5.74, 6) is 0.985. The summed E-state index contributed by atoms with van der Waals surface area (Å²) < 4.78 is 0. The molecule has 0 aliphatic carbocycles. The monoisotopic (exact) mass is 305 g/mol. The largest absolute Gasteiger partial charge is 0.312 e. The molecule has 1 unspecified atom stereocenters. The zero-order chi connectivity index (χ0) is 14.5. The standard InChI is InChI=1S/C17H20ClNS/c1-12-5-4-6-15(9-12)20-11-17(19-3)14-8-7-13(2)16(18)10-14/h4-10,17,19H,11H2,1-3H3. The quantitative estimate of drug-likeness (QED) is 0.779. The Morgan fingerprint density at radius 3 is 2.60 bits per heavy atom. The maximum Gasteiger partial charge on any atom is 0.0438 e. The third kappa shape index (κ3) is 4.02. The second kappa shape index (κ2) is 7.16. The molecule has 0 heterocycles. The highest BCUT2D eigenvalue weighted by Crippen LogP contribution is 2.27. The average molecular weight is 306 g/mol. The van der Waals surface area contributed by atoms with Gasteiger partial charge < -0.3 is 5.32 Å². The van der Waals surface area contributed by atoms with Crippen LogP contribution in [0, 0.1) is 13.8 Å². The summed E-state index contributed by atoms with van der Waals surface area (Å²) in [6, 6.07) is 15.2. The molecule has 20 heavy (non-hydrogen) atoms. The second-order valence-electron chi connectivity index (χ2n) is 4.98. The van der Waals surface area contributed by atoms with Crippen LogP contribution in [0.4, 0.5) is 0 Å². The lowest BCUT2D eigenvalue weighted by Crippen LogP contribution is -2.18. The Morgan fingerprint density at radius 1 is 1.15 bits per heavy atom. The van der Waals surface area contributed by atoms with E-state index in [9.17, 15) is 0 Å². The molecular weight excluding hydrogens is 286 g/mol. The van der Waals surface area contributed by atoms with Crippen molar-refractivity contribution in [1.82, 2.24) is 5.32 Å². The first kappa shape index (κ1) is 15.4. The first-order valence-electron chi connectivity index (χ1n) is 6.73. The highest BCUT2D eigenvalue weighted by atomic mass is 35.5. The van der Waals surface area contributed by atoms with Gasteiger partial charge in [-0.2, -0.15) is 0 Å². The Morgan fingerprint density at radius 2 is 1.95 bits per heavy atom. The highest BCUT2D eigenvalue weighted by Gasteiger charge is 2.11. The van der Waals surface area contributed by atoms with Gasteiger partial charge in [-0.05, 0) is 50.2 Å². The van der Waals surface area contributed by atoms with Crippen molar-refractivity contribution in [2.75, 3.05) is 12.8 Å². The van der Waals surface area contributed by atoms with Gasteiger partial charge in [0.25, 0.3) is 0 Å². The molecule has 2 aromatic rings. The fraction of sp³-hybridized carbons (Fsp3) is 0.294. The lowest BCUT2D eigenvalue weighted by atomic mass is 10.1. The van der Waals surface area contributed by atoms with Gasteiger partial charge in [0, 0.05) is 21.7 Å². The predicted octanol–water partition coefficient (Wildman–Crippen LogP) is 5.01. The SMILES string of the molecule is CNC(CSc1cccc(C)c1)c1ccc(C)c(Cl)c1. The van der Waals surface area contributed by atoms with Gasteiger partial charge in [-0.15, -0.1) is 11.8 Å². The summed E-state index contributed by atoms with van der Waals surface area (Å²) in [7, 11) is 2.00. The van der Waals surface area contributed by atoms with Gasteiger partial charge in [0.2, 0.25) is 0 Å². The van der Waals surface area contributed by atoms with Crippen molar-refractivity contribution >= 4 is 23.4 Å². The van der Waals surface area contributed by atoms with E-state index in [0.29, 0.717) is 6.04 Å². The van der Waals surface area contributed by atoms with Crippen LogP contribution in [0.2, 0.25) is 5.02 Å². The van der Waals surface area contributed by atoms with Crippen molar-refractivity contribution in [2.45, 2.75) is 24.8 Å². The molecule has 0 aromatic heterocycles. The van der Waals surface area contributed by atoms with Gasteiger partial charge in [0.05, 0.1) is 0 Å². The molecule has 0 aliphatic heterocycles. The summed E-state index contributed by atoms with van der Waals surface area (Å²) in [5.41, 5.74) is 3.66. The van der Waals surface area contributed by atoms with Gasteiger partial charge in [0.15, 0.2) is 0 Å². The van der Waals surface area contributed by atoms with Crippen LogP contribution < -0.4 is 5.32 Å². The summed E-state index contributed by atoms with van der Waals surface area (Å²) in [5, 5.41) is 4.21. The Bertz CT molecular complexity index is 583. The van der Waals surface area contributed by atoms with Crippen LogP contribution in [0.3, 0.4) is 0 Å². The number of aryl methyl sites for hydroxylation is 2. The van der Waals surface area contributed by atoms with Crippen LogP contribution >= 0.6 is 23.4 Å². The van der Waals surface area contributed by atoms with Crippen LogP contribution in [0.25, 0.3) is 0 Å². The fourth-order valence-corrected chi connectivity index (χ4v) is 3.41. The lowest BCUT2D eigenvalue weighted by molar-refractivity contribution is 0.662. The minimum absolute atomic E-state index is 0.304. The molecule has 0 bridgehead atoms. The van der Waals surface area contributed by atoms with E-state index in [1.54, 1.807) is 0 Å². The Kier molecular flexibility index (Phi) is 5.53. The molecule has 3 heteroatoms. The smallest absolute Gasteiger partial charge is 0.0438 e. The van der Waals surface area contributed by atoms with Crippen molar-refractivity contribution in [3.63, 3.8) is 0 Å². The second-order valence-corrected chi connectivity index (χ2v) is 6.48. The molecule has 106 valence electrons. The maximum atomic E-state index is 6.22. The van der Waals surface area contributed by atoms with Gasteiger partial charge in [-0.25, -0.2) is 0 Å². The van der Waals surface area contributed by atoms with Gasteiger partial charge in [-0.1, -0.05) is 41.4 Å². The lowest BCUT2D eigenvalue weighted by Gasteiger charge is -2.17. The van der Waals surface area contributed by atoms with E-state index in [-0.39, 0.29) is 0 Å². The fourth-order valence-electron chi connectivity index (χ4n) is 2.06. The number of nitrogens with one attached hydrogen (secondary N) is 1. The van der Waals surface area contributed by atoms with Crippen molar-refractivity contribution in [3.05, 3.63) is 64.2 Å². The van der Waals surface area contributed by atoms with Gasteiger partial charge >= 0.3 is 0 Å². The van der Waals surface area contributed by atoms with E-state index in [2.05, 4.69) is 54.7 Å². The van der Waals surface area contributed by atoms with Crippen LogP contribution in [0.1, 0.15) is 22.7 Å². The topological polar surface area (TPSA) is 12.0 Å². The molecule has 2 aromatic carbocycles. The molecule has 1 atom stereocenters. The zero-order valence-corrected chi connectivity index (χ0v) is 13.7. The molecule has 0 saturated carbocycles. The molecule has 1 N–H and O–H groups in total. The Balaban J connectivity index is 2.07. The van der Waals surface area contributed by atoms with Crippen LogP contribution in [0.5, 0.6) is 0 Å². The molecule has 0 aliphatic rings. The van der Waals surface area contributed by atoms with E-state index in [4.69, 9.17) is 11.6 Å². The minimum Gasteiger partial charge on any atom is -0.312 e. The van der Waals surface area contributed by atoms with Crippen LogP contribution in [-0.4, -0.2) is 12.8 Å². The van der Waals surface area contributed by atoms with E-state index in [0.717, 1.165) is 16.3 Å². The van der Waals surface area contributed by atoms with E-state index >= 15 is 0 Å². The molecule has 2 rings (SSSR count). The molecule has 0 fully saturated rings. The van der Waals surface area contributed by atoms with Gasteiger partial charge in [0.1, 0.15) is 0 Å². The van der Waals surface area contributed by atoms with Crippen LogP contribution in [-0.2, 0) is 0 Å². The third-order valence-corrected chi connectivity index (χ3v) is 4.85. The van der Waals surface area contributed by atoms with Crippen LogP contribution in [0.15, 0.2) is 47.4 Å². The first-order valence-corrected chi connectivity index (χ1v) is 8.09. The normalized spacial score (nSPS) is 12.4. The summed E-state index contributed by atoms with van der Waals surface area (Å²) >= 11 is 8.08. The Hall–Kier alpha value is -0.960. The van der Waals surface area contributed by atoms with Crippen molar-refractivity contribution < 1.29 is 0 Å². The molecule has 0 amide bonds. The molecule has 0 radical (unpaired) electrons. The molecule has 1 nitrogen and oxygen atoms in total. The number of rotatable bonds is 5. The number of hydrogen-bond donors (Lipinski definition) is 1. The summed E-state index contributed by atoms with van der Waals surface area (Å²) in [6.45, 7) is 4.15. The molecule has 0 saturated heterocycles. The first-order chi connectivity index (χ1) is 9.60. The zero-order valence-electron chi connectivity index (χ0n) is 12.1. The predicted molar refractivity (Wildman–Crippen MR) is 89.9 cm³/mol. The maximum absolute atomic E-state index is 6.22. The van der Waals surface area contributed by atoms with Crippen molar-refractivity contribution in [3.8, 4) is 0 Å². The van der Waals surface area contributed by atoms with Crippen molar-refractivity contribution in [1.29, 1.82) is 0 Å². The highest BCUT2D eigenvalue weighted by molar-refractivity contribution is 7.99. The molecule has 0 spiro atoms.